The predicted molar refractivity (Wildman–Crippen MR) is 68.0 cm³/mol. The molecule has 0 unspecified atom stereocenters. The number of carbonyl (C=O) groups excluding carboxylic acids is 1. The highest BCUT2D eigenvalue weighted by molar-refractivity contribution is 5.73. The van der Waals surface area contributed by atoms with Gasteiger partial charge in [0, 0.05) is 12.5 Å². The molecule has 0 radical (unpaired) electrons. The van der Waals surface area contributed by atoms with E-state index in [2.05, 4.69) is 17.2 Å². The number of methoxy groups -OCH3 is 1. The number of rotatable bonds is 2. The second-order valence-corrected chi connectivity index (χ2v) is 3.85. The van der Waals surface area contributed by atoms with E-state index in [4.69, 9.17) is 4.74 Å². The fourth-order valence-electron chi connectivity index (χ4n) is 1.54. The third kappa shape index (κ3) is 3.84. The van der Waals surface area contributed by atoms with E-state index in [9.17, 15) is 4.79 Å². The quantitative estimate of drug-likeness (QED) is 0.788. The zero-order chi connectivity index (χ0) is 12.8. The molecule has 0 fully saturated rings. The van der Waals surface area contributed by atoms with Gasteiger partial charge in [-0.2, -0.15) is 0 Å². The van der Waals surface area contributed by atoms with E-state index >= 15 is 0 Å². The van der Waals surface area contributed by atoms with Crippen LogP contribution in [0.5, 0.6) is 5.75 Å². The van der Waals surface area contributed by atoms with E-state index < -0.39 is 0 Å². The fraction of sp³-hybridized carbons (Fsp3) is 0.357. The van der Waals surface area contributed by atoms with Crippen LogP contribution in [0, 0.1) is 25.7 Å². The summed E-state index contributed by atoms with van der Waals surface area (Å²) >= 11 is 0. The van der Waals surface area contributed by atoms with Gasteiger partial charge < -0.3 is 10.1 Å². The lowest BCUT2D eigenvalue weighted by Crippen LogP contribution is -2.19. The minimum atomic E-state index is -0.0672. The van der Waals surface area contributed by atoms with E-state index in [1.807, 2.05) is 26.0 Å². The summed E-state index contributed by atoms with van der Waals surface area (Å²) in [6.45, 7) is 5.85. The molecule has 90 valence electrons. The molecule has 17 heavy (non-hydrogen) atoms. The van der Waals surface area contributed by atoms with Crippen molar-refractivity contribution in [3.8, 4) is 17.6 Å². The zero-order valence-corrected chi connectivity index (χ0v) is 10.7. The molecule has 3 heteroatoms. The maximum atomic E-state index is 10.7. The Morgan fingerprint density at radius 3 is 2.41 bits per heavy atom. The minimum absolute atomic E-state index is 0.0672. The van der Waals surface area contributed by atoms with E-state index in [1.165, 1.54) is 6.92 Å². The highest BCUT2D eigenvalue weighted by Gasteiger charge is 2.02. The second-order valence-electron chi connectivity index (χ2n) is 3.85. The molecule has 1 rings (SSSR count). The first-order chi connectivity index (χ1) is 8.04. The summed E-state index contributed by atoms with van der Waals surface area (Å²) in [5, 5.41) is 2.64. The number of benzene rings is 1. The third-order valence-electron chi connectivity index (χ3n) is 2.38. The van der Waals surface area contributed by atoms with Crippen molar-refractivity contribution in [1.82, 2.24) is 5.32 Å². The molecule has 1 N–H and O–H groups in total. The van der Waals surface area contributed by atoms with Crippen LogP contribution in [-0.4, -0.2) is 19.6 Å². The molecule has 0 saturated carbocycles. The second kappa shape index (κ2) is 5.95. The molecule has 0 aliphatic carbocycles. The summed E-state index contributed by atoms with van der Waals surface area (Å²) in [5.74, 6) is 6.77. The third-order valence-corrected chi connectivity index (χ3v) is 2.38. The Hall–Kier alpha value is -1.95. The summed E-state index contributed by atoms with van der Waals surface area (Å²) in [6, 6.07) is 3.91. The smallest absolute Gasteiger partial charge is 0.217 e. The molecule has 1 aromatic rings. The number of hydrogen-bond donors (Lipinski definition) is 1. The Morgan fingerprint density at radius 2 is 1.94 bits per heavy atom. The van der Waals surface area contributed by atoms with Crippen LogP contribution in [0.4, 0.5) is 0 Å². The van der Waals surface area contributed by atoms with Gasteiger partial charge in [0.05, 0.1) is 13.7 Å². The molecule has 0 aromatic heterocycles. The molecule has 0 aliphatic heterocycles. The van der Waals surface area contributed by atoms with Gasteiger partial charge in [0.15, 0.2) is 0 Å². The maximum Gasteiger partial charge on any atom is 0.217 e. The number of amides is 1. The Labute approximate surface area is 102 Å². The molecule has 1 aromatic carbocycles. The Bertz CT molecular complexity index is 458. The van der Waals surface area contributed by atoms with E-state index in [1.54, 1.807) is 7.11 Å². The van der Waals surface area contributed by atoms with Crippen molar-refractivity contribution in [2.45, 2.75) is 20.8 Å². The van der Waals surface area contributed by atoms with Crippen LogP contribution in [0.2, 0.25) is 0 Å². The van der Waals surface area contributed by atoms with Crippen molar-refractivity contribution in [2.75, 3.05) is 13.7 Å². The van der Waals surface area contributed by atoms with Crippen molar-refractivity contribution in [3.63, 3.8) is 0 Å². The van der Waals surface area contributed by atoms with Crippen LogP contribution < -0.4 is 10.1 Å². The van der Waals surface area contributed by atoms with Gasteiger partial charge in [-0.1, -0.05) is 11.8 Å². The number of ether oxygens (including phenoxy) is 1. The SMILES string of the molecule is COc1cc(C)c(C#CCNC(C)=O)c(C)c1. The van der Waals surface area contributed by atoms with Crippen molar-refractivity contribution in [1.29, 1.82) is 0 Å². The van der Waals surface area contributed by atoms with Crippen molar-refractivity contribution in [2.24, 2.45) is 0 Å². The van der Waals surface area contributed by atoms with E-state index in [-0.39, 0.29) is 5.91 Å². The molecule has 0 saturated heterocycles. The molecule has 0 heterocycles. The largest absolute Gasteiger partial charge is 0.497 e. The van der Waals surface area contributed by atoms with Gasteiger partial charge >= 0.3 is 0 Å². The molecule has 0 aliphatic rings. The minimum Gasteiger partial charge on any atom is -0.497 e. The monoisotopic (exact) mass is 231 g/mol. The lowest BCUT2D eigenvalue weighted by molar-refractivity contribution is -0.118. The van der Waals surface area contributed by atoms with Gasteiger partial charge in [-0.25, -0.2) is 0 Å². The Morgan fingerprint density at radius 1 is 1.35 bits per heavy atom. The average molecular weight is 231 g/mol. The predicted octanol–water partition coefficient (Wildman–Crippen LogP) is 1.80. The van der Waals surface area contributed by atoms with Gasteiger partial charge in [-0.05, 0) is 37.1 Å². The standard InChI is InChI=1S/C14H17NO2/c1-10-8-13(17-4)9-11(2)14(10)6-5-7-15-12(3)16/h8-9H,7H2,1-4H3,(H,15,16). The van der Waals surface area contributed by atoms with Crippen LogP contribution in [-0.2, 0) is 4.79 Å². The van der Waals surface area contributed by atoms with Crippen molar-refractivity contribution >= 4 is 5.91 Å². The van der Waals surface area contributed by atoms with E-state index in [0.29, 0.717) is 6.54 Å². The van der Waals surface area contributed by atoms with Crippen molar-refractivity contribution < 1.29 is 9.53 Å². The topological polar surface area (TPSA) is 38.3 Å². The molecule has 1 amide bonds. The lowest BCUT2D eigenvalue weighted by atomic mass is 10.0. The van der Waals surface area contributed by atoms with Gasteiger partial charge in [-0.15, -0.1) is 0 Å². The van der Waals surface area contributed by atoms with Crippen LogP contribution in [0.3, 0.4) is 0 Å². The molecular weight excluding hydrogens is 214 g/mol. The molecule has 0 bridgehead atoms. The average Bonchev–Trinajstić information content (AvgIpc) is 2.26. The Balaban J connectivity index is 2.87. The van der Waals surface area contributed by atoms with Crippen LogP contribution >= 0.6 is 0 Å². The maximum absolute atomic E-state index is 10.7. The summed E-state index contributed by atoms with van der Waals surface area (Å²) < 4.78 is 5.18. The molecule has 3 nitrogen and oxygen atoms in total. The number of carbonyl (C=O) groups is 1. The molecule has 0 spiro atoms. The summed E-state index contributed by atoms with van der Waals surface area (Å²) in [6.07, 6.45) is 0. The van der Waals surface area contributed by atoms with Crippen LogP contribution in [0.25, 0.3) is 0 Å². The summed E-state index contributed by atoms with van der Waals surface area (Å²) in [5.41, 5.74) is 3.16. The Kier molecular flexibility index (Phi) is 4.59. The van der Waals surface area contributed by atoms with E-state index in [0.717, 1.165) is 22.4 Å². The highest BCUT2D eigenvalue weighted by atomic mass is 16.5. The lowest BCUT2D eigenvalue weighted by Gasteiger charge is -2.07. The molecule has 0 atom stereocenters. The normalized spacial score (nSPS) is 9.18. The van der Waals surface area contributed by atoms with Crippen LogP contribution in [0.15, 0.2) is 12.1 Å². The van der Waals surface area contributed by atoms with Crippen LogP contribution in [0.1, 0.15) is 23.6 Å². The summed E-state index contributed by atoms with van der Waals surface area (Å²) in [4.78, 5) is 10.7. The van der Waals surface area contributed by atoms with Crippen molar-refractivity contribution in [3.05, 3.63) is 28.8 Å². The zero-order valence-electron chi connectivity index (χ0n) is 10.7. The van der Waals surface area contributed by atoms with Gasteiger partial charge in [0.1, 0.15) is 5.75 Å². The first-order valence-corrected chi connectivity index (χ1v) is 5.43. The number of aryl methyl sites for hydroxylation is 2. The number of nitrogens with one attached hydrogen (secondary N) is 1. The number of hydrogen-bond acceptors (Lipinski definition) is 2. The first-order valence-electron chi connectivity index (χ1n) is 5.43. The first kappa shape index (κ1) is 13.1. The van der Waals surface area contributed by atoms with Gasteiger partial charge in [0.25, 0.3) is 0 Å². The van der Waals surface area contributed by atoms with Gasteiger partial charge in [0.2, 0.25) is 5.91 Å². The summed E-state index contributed by atoms with van der Waals surface area (Å²) in [7, 11) is 1.65. The fourth-order valence-corrected chi connectivity index (χ4v) is 1.54. The molecular formula is C14H17NO2. The highest BCUT2D eigenvalue weighted by Crippen LogP contribution is 2.20. The van der Waals surface area contributed by atoms with Gasteiger partial charge in [-0.3, -0.25) is 4.79 Å².